The molecule has 0 radical (unpaired) electrons. The maximum absolute atomic E-state index is 13.1. The molecule has 180 valence electrons. The fourth-order valence-corrected chi connectivity index (χ4v) is 4.87. The minimum Gasteiger partial charge on any atom is -0.481 e. The van der Waals surface area contributed by atoms with Crippen molar-refractivity contribution in [3.05, 3.63) is 59.7 Å². The van der Waals surface area contributed by atoms with Crippen molar-refractivity contribution in [2.24, 2.45) is 5.41 Å². The van der Waals surface area contributed by atoms with Crippen molar-refractivity contribution in [2.75, 3.05) is 26.3 Å². The molecule has 1 heterocycles. The van der Waals surface area contributed by atoms with Gasteiger partial charge in [0.1, 0.15) is 12.6 Å². The van der Waals surface area contributed by atoms with Crippen molar-refractivity contribution in [3.8, 4) is 11.1 Å². The highest BCUT2D eigenvalue weighted by Gasteiger charge is 2.38. The maximum Gasteiger partial charge on any atom is 0.407 e. The second kappa shape index (κ2) is 9.85. The number of carbonyl (C=O) groups is 3. The third-order valence-electron chi connectivity index (χ3n) is 6.83. The second-order valence-corrected chi connectivity index (χ2v) is 9.43. The van der Waals surface area contributed by atoms with Crippen LogP contribution in [0.5, 0.6) is 0 Å². The van der Waals surface area contributed by atoms with Gasteiger partial charge in [-0.05, 0) is 35.1 Å². The van der Waals surface area contributed by atoms with Crippen LogP contribution in [0, 0.1) is 5.41 Å². The summed E-state index contributed by atoms with van der Waals surface area (Å²) < 4.78 is 5.54. The van der Waals surface area contributed by atoms with Gasteiger partial charge in [0.2, 0.25) is 5.91 Å². The molecule has 0 spiro atoms. The first-order valence-corrected chi connectivity index (χ1v) is 11.5. The number of rotatable bonds is 8. The van der Waals surface area contributed by atoms with Crippen molar-refractivity contribution in [2.45, 2.75) is 38.1 Å². The number of aliphatic carboxylic acids is 1. The summed E-state index contributed by atoms with van der Waals surface area (Å²) in [5.41, 5.74) is 3.99. The average molecular weight is 467 g/mol. The Morgan fingerprint density at radius 2 is 1.74 bits per heavy atom. The lowest BCUT2D eigenvalue weighted by Crippen LogP contribution is -2.49. The lowest BCUT2D eigenvalue weighted by Gasteiger charge is -2.26. The van der Waals surface area contributed by atoms with Gasteiger partial charge in [0.25, 0.3) is 0 Å². The van der Waals surface area contributed by atoms with Crippen LogP contribution in [0.15, 0.2) is 48.5 Å². The van der Waals surface area contributed by atoms with E-state index in [1.54, 1.807) is 4.90 Å². The standard InChI is InChI=1S/C26H30N2O6/c1-26(16-29)12-13-28(15-26)24(32)22(10-11-23(30)31)27-25(33)34-14-21-19-8-4-2-6-17(19)18-7-3-5-9-20(18)21/h2-9,21-22,29H,10-16H2,1H3,(H,27,33)(H,30,31). The number of benzene rings is 2. The smallest absolute Gasteiger partial charge is 0.407 e. The van der Waals surface area contributed by atoms with Crippen molar-refractivity contribution < 1.29 is 29.3 Å². The zero-order valence-electron chi connectivity index (χ0n) is 19.2. The predicted molar refractivity (Wildman–Crippen MR) is 125 cm³/mol. The van der Waals surface area contributed by atoms with E-state index in [1.165, 1.54) is 0 Å². The molecular formula is C26H30N2O6. The summed E-state index contributed by atoms with van der Waals surface area (Å²) >= 11 is 0. The van der Waals surface area contributed by atoms with Gasteiger partial charge in [0.15, 0.2) is 0 Å². The van der Waals surface area contributed by atoms with Crippen LogP contribution in [0.1, 0.15) is 43.2 Å². The van der Waals surface area contributed by atoms with E-state index in [-0.39, 0.29) is 37.9 Å². The number of amides is 2. The van der Waals surface area contributed by atoms with Gasteiger partial charge in [-0.2, -0.15) is 0 Å². The number of nitrogens with zero attached hydrogens (tertiary/aromatic N) is 1. The number of hydrogen-bond acceptors (Lipinski definition) is 5. The number of aliphatic hydroxyl groups is 1. The molecule has 8 nitrogen and oxygen atoms in total. The van der Waals surface area contributed by atoms with Crippen LogP contribution in [0.2, 0.25) is 0 Å². The van der Waals surface area contributed by atoms with Gasteiger partial charge in [-0.3, -0.25) is 9.59 Å². The average Bonchev–Trinajstić information content (AvgIpc) is 3.39. The SMILES string of the molecule is CC1(CO)CCN(C(=O)C(CCC(=O)O)NC(=O)OCC2c3ccccc3-c3ccccc32)C1. The summed E-state index contributed by atoms with van der Waals surface area (Å²) in [5.74, 6) is -1.52. The molecule has 2 atom stereocenters. The van der Waals surface area contributed by atoms with Gasteiger partial charge >= 0.3 is 12.1 Å². The molecule has 2 aromatic carbocycles. The van der Waals surface area contributed by atoms with E-state index in [0.717, 1.165) is 22.3 Å². The normalized spacial score (nSPS) is 19.9. The molecule has 3 N–H and O–H groups in total. The Labute approximate surface area is 198 Å². The predicted octanol–water partition coefficient (Wildman–Crippen LogP) is 2.99. The van der Waals surface area contributed by atoms with Gasteiger partial charge in [-0.25, -0.2) is 4.79 Å². The lowest BCUT2D eigenvalue weighted by atomic mass is 9.91. The summed E-state index contributed by atoms with van der Waals surface area (Å²) in [5, 5.41) is 21.3. The molecule has 0 saturated carbocycles. The largest absolute Gasteiger partial charge is 0.481 e. The number of ether oxygens (including phenoxy) is 1. The molecule has 0 aromatic heterocycles. The summed E-state index contributed by atoms with van der Waals surface area (Å²) in [6, 6.07) is 15.0. The van der Waals surface area contributed by atoms with E-state index in [2.05, 4.69) is 5.32 Å². The number of carboxylic acid groups (broad SMARTS) is 1. The van der Waals surface area contributed by atoms with E-state index in [0.29, 0.717) is 19.5 Å². The Hall–Kier alpha value is -3.39. The zero-order valence-corrected chi connectivity index (χ0v) is 19.2. The van der Waals surface area contributed by atoms with Gasteiger partial charge in [-0.15, -0.1) is 0 Å². The lowest BCUT2D eigenvalue weighted by molar-refractivity contribution is -0.138. The van der Waals surface area contributed by atoms with Crippen LogP contribution in [-0.4, -0.2) is 65.4 Å². The van der Waals surface area contributed by atoms with Gasteiger partial charge in [-0.1, -0.05) is 55.5 Å². The molecule has 1 aliphatic heterocycles. The summed E-state index contributed by atoms with van der Waals surface area (Å²) in [6.07, 6.45) is -0.406. The summed E-state index contributed by atoms with van der Waals surface area (Å²) in [7, 11) is 0. The molecule has 4 rings (SSSR count). The van der Waals surface area contributed by atoms with E-state index in [9.17, 15) is 19.5 Å². The van der Waals surface area contributed by atoms with Crippen molar-refractivity contribution in [1.82, 2.24) is 10.2 Å². The van der Waals surface area contributed by atoms with E-state index >= 15 is 0 Å². The summed E-state index contributed by atoms with van der Waals surface area (Å²) in [4.78, 5) is 38.4. The number of fused-ring (bicyclic) bond motifs is 3. The summed E-state index contributed by atoms with van der Waals surface area (Å²) in [6.45, 7) is 2.76. The number of likely N-dealkylation sites (tertiary alicyclic amines) is 1. The number of alkyl carbamates (subject to hydrolysis) is 1. The Morgan fingerprint density at radius 1 is 1.12 bits per heavy atom. The minimum absolute atomic E-state index is 0.0370. The molecule has 1 aliphatic carbocycles. The third-order valence-corrected chi connectivity index (χ3v) is 6.83. The highest BCUT2D eigenvalue weighted by Crippen LogP contribution is 2.44. The zero-order chi connectivity index (χ0) is 24.3. The van der Waals surface area contributed by atoms with Crippen molar-refractivity contribution in [1.29, 1.82) is 0 Å². The Bertz CT molecular complexity index is 1040. The molecule has 2 aromatic rings. The number of carboxylic acids is 1. The molecule has 1 saturated heterocycles. The fraction of sp³-hybridized carbons (Fsp3) is 0.423. The van der Waals surface area contributed by atoms with Crippen LogP contribution in [0.4, 0.5) is 4.79 Å². The first-order chi connectivity index (χ1) is 16.3. The van der Waals surface area contributed by atoms with E-state index in [1.807, 2.05) is 55.5 Å². The highest BCUT2D eigenvalue weighted by molar-refractivity contribution is 5.86. The van der Waals surface area contributed by atoms with Crippen LogP contribution in [0.25, 0.3) is 11.1 Å². The molecule has 2 aliphatic rings. The quantitative estimate of drug-likeness (QED) is 0.551. The maximum atomic E-state index is 13.1. The van der Waals surface area contributed by atoms with E-state index < -0.39 is 23.5 Å². The number of carbonyl (C=O) groups excluding carboxylic acids is 2. The first-order valence-electron chi connectivity index (χ1n) is 11.5. The highest BCUT2D eigenvalue weighted by atomic mass is 16.5. The topological polar surface area (TPSA) is 116 Å². The molecule has 8 heteroatoms. The van der Waals surface area contributed by atoms with Crippen molar-refractivity contribution >= 4 is 18.0 Å². The molecule has 0 bridgehead atoms. The fourth-order valence-electron chi connectivity index (χ4n) is 4.87. The van der Waals surface area contributed by atoms with Crippen LogP contribution < -0.4 is 5.32 Å². The minimum atomic E-state index is -1.05. The molecule has 1 fully saturated rings. The molecule has 34 heavy (non-hydrogen) atoms. The monoisotopic (exact) mass is 466 g/mol. The van der Waals surface area contributed by atoms with E-state index in [4.69, 9.17) is 9.84 Å². The van der Waals surface area contributed by atoms with Crippen molar-refractivity contribution in [3.63, 3.8) is 0 Å². The molecule has 2 unspecified atom stereocenters. The first kappa shape index (κ1) is 23.8. The third kappa shape index (κ3) is 4.92. The Morgan fingerprint density at radius 3 is 2.29 bits per heavy atom. The second-order valence-electron chi connectivity index (χ2n) is 9.43. The van der Waals surface area contributed by atoms with Crippen LogP contribution >= 0.6 is 0 Å². The number of aliphatic hydroxyl groups excluding tert-OH is 1. The van der Waals surface area contributed by atoms with Gasteiger partial charge in [0, 0.05) is 30.8 Å². The Kier molecular flexibility index (Phi) is 6.88. The van der Waals surface area contributed by atoms with Gasteiger partial charge < -0.3 is 25.2 Å². The Balaban J connectivity index is 1.42. The number of nitrogens with one attached hydrogen (secondary N) is 1. The van der Waals surface area contributed by atoms with Crippen LogP contribution in [-0.2, 0) is 14.3 Å². The van der Waals surface area contributed by atoms with Gasteiger partial charge in [0.05, 0.1) is 6.61 Å². The number of hydrogen-bond donors (Lipinski definition) is 3. The molecular weight excluding hydrogens is 436 g/mol. The van der Waals surface area contributed by atoms with Crippen LogP contribution in [0.3, 0.4) is 0 Å². The molecule has 2 amide bonds.